The van der Waals surface area contributed by atoms with Crippen LogP contribution < -0.4 is 10.6 Å². The lowest BCUT2D eigenvalue weighted by atomic mass is 9.84. The molecule has 1 saturated carbocycles. The minimum atomic E-state index is -0.952. The van der Waals surface area contributed by atoms with Gasteiger partial charge in [-0.25, -0.2) is 14.6 Å². The third-order valence-electron chi connectivity index (χ3n) is 3.89. The van der Waals surface area contributed by atoms with Gasteiger partial charge in [-0.2, -0.15) is 0 Å². The predicted octanol–water partition coefficient (Wildman–Crippen LogP) is 1.22. The van der Waals surface area contributed by atoms with E-state index in [1.54, 1.807) is 12.5 Å². The Hall–Kier alpha value is -2.05. The maximum Gasteiger partial charge on any atom is 0.326 e. The molecule has 1 aliphatic carbocycles. The van der Waals surface area contributed by atoms with E-state index in [-0.39, 0.29) is 5.92 Å². The molecule has 0 aromatic carbocycles. The molecule has 0 bridgehead atoms. The van der Waals surface area contributed by atoms with E-state index in [2.05, 4.69) is 15.6 Å². The third kappa shape index (κ3) is 4.77. The highest BCUT2D eigenvalue weighted by Gasteiger charge is 2.30. The Morgan fingerprint density at radius 1 is 1.33 bits per heavy atom. The largest absolute Gasteiger partial charge is 0.480 e. The van der Waals surface area contributed by atoms with Gasteiger partial charge in [-0.1, -0.05) is 19.3 Å². The number of aromatic nitrogens is 2. The molecule has 0 radical (unpaired) electrons. The summed E-state index contributed by atoms with van der Waals surface area (Å²) in [5, 5.41) is 14.6. The molecule has 1 aromatic heterocycles. The summed E-state index contributed by atoms with van der Waals surface area (Å²) in [5.41, 5.74) is 0. The fraction of sp³-hybridized carbons (Fsp3) is 0.643. The molecule has 1 fully saturated rings. The van der Waals surface area contributed by atoms with Gasteiger partial charge in [-0.15, -0.1) is 0 Å². The second-order valence-corrected chi connectivity index (χ2v) is 5.41. The van der Waals surface area contributed by atoms with Crippen molar-refractivity contribution >= 4 is 12.0 Å². The van der Waals surface area contributed by atoms with Gasteiger partial charge < -0.3 is 20.3 Å². The molecule has 0 aliphatic heterocycles. The first kappa shape index (κ1) is 15.3. The van der Waals surface area contributed by atoms with Crippen molar-refractivity contribution in [3.63, 3.8) is 0 Å². The van der Waals surface area contributed by atoms with Gasteiger partial charge in [-0.3, -0.25) is 0 Å². The van der Waals surface area contributed by atoms with Crippen LogP contribution in [0.4, 0.5) is 4.79 Å². The summed E-state index contributed by atoms with van der Waals surface area (Å²) in [5.74, 6) is -0.915. The molecule has 0 saturated heterocycles. The lowest BCUT2D eigenvalue weighted by Crippen LogP contribution is -2.50. The number of carboxylic acids is 1. The Morgan fingerprint density at radius 3 is 2.71 bits per heavy atom. The molecule has 7 heteroatoms. The normalized spacial score (nSPS) is 17.1. The number of hydrogen-bond donors (Lipinski definition) is 3. The molecule has 1 aliphatic rings. The summed E-state index contributed by atoms with van der Waals surface area (Å²) < 4.78 is 1.84. The maximum atomic E-state index is 11.8. The van der Waals surface area contributed by atoms with Crippen LogP contribution in [0.1, 0.15) is 32.1 Å². The number of urea groups is 1. The summed E-state index contributed by atoms with van der Waals surface area (Å²) in [7, 11) is 0. The van der Waals surface area contributed by atoms with E-state index >= 15 is 0 Å². The zero-order valence-corrected chi connectivity index (χ0v) is 12.0. The van der Waals surface area contributed by atoms with Crippen molar-refractivity contribution in [2.75, 3.05) is 6.54 Å². The van der Waals surface area contributed by atoms with E-state index in [0.29, 0.717) is 13.1 Å². The van der Waals surface area contributed by atoms with Crippen LogP contribution in [0, 0.1) is 5.92 Å². The number of hydrogen-bond acceptors (Lipinski definition) is 3. The number of rotatable bonds is 6. The fourth-order valence-electron chi connectivity index (χ4n) is 2.76. The monoisotopic (exact) mass is 294 g/mol. The van der Waals surface area contributed by atoms with Crippen LogP contribution in [0.25, 0.3) is 0 Å². The van der Waals surface area contributed by atoms with Crippen LogP contribution >= 0.6 is 0 Å². The molecule has 1 heterocycles. The smallest absolute Gasteiger partial charge is 0.326 e. The topological polar surface area (TPSA) is 96.3 Å². The zero-order chi connectivity index (χ0) is 15.1. The van der Waals surface area contributed by atoms with Crippen LogP contribution in [0.2, 0.25) is 0 Å². The summed E-state index contributed by atoms with van der Waals surface area (Å²) in [6.07, 6.45) is 10.1. The second-order valence-electron chi connectivity index (χ2n) is 5.41. The molecule has 0 spiro atoms. The molecular weight excluding hydrogens is 272 g/mol. The van der Waals surface area contributed by atoms with E-state index in [0.717, 1.165) is 32.1 Å². The SMILES string of the molecule is O=C(NCCn1ccnc1)NC(C(=O)O)C1CCCCC1. The van der Waals surface area contributed by atoms with E-state index in [1.165, 1.54) is 0 Å². The number of carboxylic acid groups (broad SMARTS) is 1. The van der Waals surface area contributed by atoms with Crippen molar-refractivity contribution in [1.82, 2.24) is 20.2 Å². The van der Waals surface area contributed by atoms with Crippen molar-refractivity contribution in [3.8, 4) is 0 Å². The molecule has 116 valence electrons. The first-order valence-electron chi connectivity index (χ1n) is 7.39. The molecule has 7 nitrogen and oxygen atoms in total. The molecule has 1 unspecified atom stereocenters. The van der Waals surface area contributed by atoms with Gasteiger partial charge in [0.1, 0.15) is 6.04 Å². The Balaban J connectivity index is 1.76. The summed E-state index contributed by atoms with van der Waals surface area (Å²) in [4.78, 5) is 27.1. The van der Waals surface area contributed by atoms with Gasteiger partial charge >= 0.3 is 12.0 Å². The van der Waals surface area contributed by atoms with E-state index in [9.17, 15) is 14.7 Å². The number of nitrogens with zero attached hydrogens (tertiary/aromatic N) is 2. The maximum absolute atomic E-state index is 11.8. The van der Waals surface area contributed by atoms with Crippen LogP contribution in [-0.4, -0.2) is 39.2 Å². The van der Waals surface area contributed by atoms with Crippen LogP contribution in [0.3, 0.4) is 0 Å². The Labute approximate surface area is 123 Å². The summed E-state index contributed by atoms with van der Waals surface area (Å²) in [6, 6.07) is -1.22. The first-order chi connectivity index (χ1) is 10.2. The van der Waals surface area contributed by atoms with E-state index in [4.69, 9.17) is 0 Å². The summed E-state index contributed by atoms with van der Waals surface area (Å²) >= 11 is 0. The lowest BCUT2D eigenvalue weighted by Gasteiger charge is -2.28. The standard InChI is InChI=1S/C14H22N4O3/c19-13(20)12(11-4-2-1-3-5-11)17-14(21)16-7-9-18-8-6-15-10-18/h6,8,10-12H,1-5,7,9H2,(H,19,20)(H2,16,17,21). The highest BCUT2D eigenvalue weighted by atomic mass is 16.4. The quantitative estimate of drug-likeness (QED) is 0.735. The second kappa shape index (κ2) is 7.66. The van der Waals surface area contributed by atoms with Crippen molar-refractivity contribution in [3.05, 3.63) is 18.7 Å². The minimum absolute atomic E-state index is 0.0376. The van der Waals surface area contributed by atoms with Gasteiger partial charge in [0.2, 0.25) is 0 Å². The number of aliphatic carboxylic acids is 1. The van der Waals surface area contributed by atoms with E-state index in [1.807, 2.05) is 10.8 Å². The molecule has 3 N–H and O–H groups in total. The zero-order valence-electron chi connectivity index (χ0n) is 12.0. The number of nitrogens with one attached hydrogen (secondary N) is 2. The van der Waals surface area contributed by atoms with Crippen molar-refractivity contribution in [2.24, 2.45) is 5.92 Å². The van der Waals surface area contributed by atoms with E-state index < -0.39 is 18.0 Å². The highest BCUT2D eigenvalue weighted by Crippen LogP contribution is 2.26. The predicted molar refractivity (Wildman–Crippen MR) is 76.8 cm³/mol. The molecule has 2 rings (SSSR count). The molecule has 1 atom stereocenters. The lowest BCUT2D eigenvalue weighted by molar-refractivity contribution is -0.141. The van der Waals surface area contributed by atoms with Crippen molar-refractivity contribution in [2.45, 2.75) is 44.7 Å². The minimum Gasteiger partial charge on any atom is -0.480 e. The Bertz CT molecular complexity index is 455. The van der Waals surface area contributed by atoms with Gasteiger partial charge in [0.05, 0.1) is 6.33 Å². The molecule has 1 aromatic rings. The van der Waals surface area contributed by atoms with Gasteiger partial charge in [0.25, 0.3) is 0 Å². The average molecular weight is 294 g/mol. The fourth-order valence-corrected chi connectivity index (χ4v) is 2.76. The first-order valence-corrected chi connectivity index (χ1v) is 7.39. The molecular formula is C14H22N4O3. The third-order valence-corrected chi connectivity index (χ3v) is 3.89. The van der Waals surface area contributed by atoms with Crippen LogP contribution in [0.5, 0.6) is 0 Å². The van der Waals surface area contributed by atoms with Crippen LogP contribution in [0.15, 0.2) is 18.7 Å². The number of carbonyl (C=O) groups is 2. The van der Waals surface area contributed by atoms with Crippen LogP contribution in [-0.2, 0) is 11.3 Å². The van der Waals surface area contributed by atoms with Gasteiger partial charge in [0, 0.05) is 25.5 Å². The number of carbonyl (C=O) groups excluding carboxylic acids is 1. The number of imidazole rings is 1. The number of amides is 2. The van der Waals surface area contributed by atoms with Crippen molar-refractivity contribution in [1.29, 1.82) is 0 Å². The highest BCUT2D eigenvalue weighted by molar-refractivity contribution is 5.82. The molecule has 2 amide bonds. The van der Waals surface area contributed by atoms with Gasteiger partial charge in [-0.05, 0) is 18.8 Å². The summed E-state index contributed by atoms with van der Waals surface area (Å²) in [6.45, 7) is 1.04. The van der Waals surface area contributed by atoms with Gasteiger partial charge in [0.15, 0.2) is 0 Å². The Morgan fingerprint density at radius 2 is 2.10 bits per heavy atom. The Kier molecular flexibility index (Phi) is 5.59. The average Bonchev–Trinajstić information content (AvgIpc) is 2.98. The van der Waals surface area contributed by atoms with Crippen molar-refractivity contribution < 1.29 is 14.7 Å². The molecule has 21 heavy (non-hydrogen) atoms.